The van der Waals surface area contributed by atoms with Crippen LogP contribution in [0.2, 0.25) is 0 Å². The predicted octanol–water partition coefficient (Wildman–Crippen LogP) is 1.89. The van der Waals surface area contributed by atoms with Gasteiger partial charge in [0.1, 0.15) is 0 Å². The summed E-state index contributed by atoms with van der Waals surface area (Å²) >= 11 is 0. The van der Waals surface area contributed by atoms with Crippen molar-refractivity contribution in [1.29, 1.82) is 0 Å². The molecule has 0 amide bonds. The molecule has 0 bridgehead atoms. The lowest BCUT2D eigenvalue weighted by atomic mass is 10.1. The van der Waals surface area contributed by atoms with Crippen LogP contribution in [0.25, 0.3) is 0 Å². The Morgan fingerprint density at radius 3 is 2.50 bits per heavy atom. The first-order valence-corrected chi connectivity index (χ1v) is 3.87. The summed E-state index contributed by atoms with van der Waals surface area (Å²) in [7, 11) is 0. The molecule has 0 unspecified atom stereocenters. The maximum atomic E-state index is 10.3. The average molecular weight is 165 g/mol. The van der Waals surface area contributed by atoms with Crippen LogP contribution in [0.15, 0.2) is 30.3 Å². The van der Waals surface area contributed by atoms with Crippen LogP contribution in [0.3, 0.4) is 0 Å². The van der Waals surface area contributed by atoms with Crippen LogP contribution in [-0.4, -0.2) is 11.0 Å². The van der Waals surface area contributed by atoms with E-state index in [9.17, 15) is 10.1 Å². The molecule has 0 aliphatic carbocycles. The Balaban J connectivity index is 2.58. The fourth-order valence-electron chi connectivity index (χ4n) is 1.03. The third-order valence-electron chi connectivity index (χ3n) is 1.73. The van der Waals surface area contributed by atoms with Crippen LogP contribution in [0, 0.1) is 10.1 Å². The molecule has 0 saturated heterocycles. The molecule has 12 heavy (non-hydrogen) atoms. The normalized spacial score (nSPS) is 12.4. The van der Waals surface area contributed by atoms with E-state index in [-0.39, 0.29) is 4.92 Å². The molecule has 0 aliphatic heterocycles. The molecule has 0 radical (unpaired) electrons. The molecule has 3 heteroatoms. The Kier molecular flexibility index (Phi) is 2.80. The Morgan fingerprint density at radius 2 is 2.00 bits per heavy atom. The van der Waals surface area contributed by atoms with Gasteiger partial charge in [-0.05, 0) is 5.56 Å². The molecule has 0 saturated carbocycles. The van der Waals surface area contributed by atoms with Crippen molar-refractivity contribution in [2.75, 3.05) is 0 Å². The van der Waals surface area contributed by atoms with Gasteiger partial charge in [0, 0.05) is 18.3 Å². The van der Waals surface area contributed by atoms with Gasteiger partial charge in [0.25, 0.3) is 0 Å². The van der Waals surface area contributed by atoms with E-state index in [4.69, 9.17) is 0 Å². The van der Waals surface area contributed by atoms with E-state index in [1.54, 1.807) is 6.92 Å². The maximum absolute atomic E-state index is 10.3. The number of hydrogen-bond donors (Lipinski definition) is 0. The largest absolute Gasteiger partial charge is 0.264 e. The molecule has 0 N–H and O–H groups in total. The molecular weight excluding hydrogens is 154 g/mol. The van der Waals surface area contributed by atoms with Gasteiger partial charge < -0.3 is 0 Å². The van der Waals surface area contributed by atoms with Gasteiger partial charge in [-0.2, -0.15) is 0 Å². The van der Waals surface area contributed by atoms with Crippen LogP contribution in [-0.2, 0) is 6.42 Å². The number of nitrogens with zero attached hydrogens (tertiary/aromatic N) is 1. The Bertz CT molecular complexity index is 258. The topological polar surface area (TPSA) is 43.1 Å². The Labute approximate surface area is 71.2 Å². The fourth-order valence-corrected chi connectivity index (χ4v) is 1.03. The quantitative estimate of drug-likeness (QED) is 0.507. The maximum Gasteiger partial charge on any atom is 0.214 e. The molecule has 0 spiro atoms. The van der Waals surface area contributed by atoms with E-state index < -0.39 is 6.04 Å². The Hall–Kier alpha value is -1.38. The van der Waals surface area contributed by atoms with Gasteiger partial charge in [0.05, 0.1) is 0 Å². The van der Waals surface area contributed by atoms with Crippen LogP contribution in [0.5, 0.6) is 0 Å². The molecular formula is C9H11NO2. The van der Waals surface area contributed by atoms with Crippen LogP contribution >= 0.6 is 0 Å². The van der Waals surface area contributed by atoms with E-state index in [1.807, 2.05) is 30.3 Å². The van der Waals surface area contributed by atoms with Crippen molar-refractivity contribution in [2.24, 2.45) is 0 Å². The molecule has 1 atom stereocenters. The van der Waals surface area contributed by atoms with E-state index in [0.717, 1.165) is 5.56 Å². The average Bonchev–Trinajstić information content (AvgIpc) is 2.06. The highest BCUT2D eigenvalue weighted by Crippen LogP contribution is 2.04. The fraction of sp³-hybridized carbons (Fsp3) is 0.333. The molecule has 0 heterocycles. The first-order chi connectivity index (χ1) is 5.70. The van der Waals surface area contributed by atoms with E-state index in [2.05, 4.69) is 0 Å². The second-order valence-electron chi connectivity index (χ2n) is 2.82. The predicted molar refractivity (Wildman–Crippen MR) is 46.6 cm³/mol. The highest BCUT2D eigenvalue weighted by Gasteiger charge is 2.12. The molecule has 64 valence electrons. The molecule has 1 aromatic carbocycles. The number of benzene rings is 1. The zero-order valence-corrected chi connectivity index (χ0v) is 6.93. The van der Waals surface area contributed by atoms with E-state index >= 15 is 0 Å². The number of hydrogen-bond acceptors (Lipinski definition) is 2. The molecule has 0 fully saturated rings. The van der Waals surface area contributed by atoms with Crippen molar-refractivity contribution in [2.45, 2.75) is 19.4 Å². The van der Waals surface area contributed by atoms with Gasteiger partial charge >= 0.3 is 0 Å². The first-order valence-electron chi connectivity index (χ1n) is 3.87. The molecule has 0 aromatic heterocycles. The second kappa shape index (κ2) is 3.85. The van der Waals surface area contributed by atoms with Crippen molar-refractivity contribution in [3.05, 3.63) is 46.0 Å². The van der Waals surface area contributed by atoms with Gasteiger partial charge in [-0.25, -0.2) is 0 Å². The summed E-state index contributed by atoms with van der Waals surface area (Å²) in [5, 5.41) is 10.3. The lowest BCUT2D eigenvalue weighted by molar-refractivity contribution is -0.517. The van der Waals surface area contributed by atoms with Gasteiger partial charge in [-0.3, -0.25) is 10.1 Å². The van der Waals surface area contributed by atoms with Crippen LogP contribution in [0.4, 0.5) is 0 Å². The minimum absolute atomic E-state index is 0.257. The van der Waals surface area contributed by atoms with Gasteiger partial charge in [0.15, 0.2) is 0 Å². The zero-order valence-electron chi connectivity index (χ0n) is 6.93. The highest BCUT2D eigenvalue weighted by atomic mass is 16.6. The van der Waals surface area contributed by atoms with Crippen molar-refractivity contribution in [3.63, 3.8) is 0 Å². The van der Waals surface area contributed by atoms with Gasteiger partial charge in [-0.15, -0.1) is 0 Å². The summed E-state index contributed by atoms with van der Waals surface area (Å²) in [5.41, 5.74) is 1.02. The third-order valence-corrected chi connectivity index (χ3v) is 1.73. The zero-order chi connectivity index (χ0) is 8.97. The van der Waals surface area contributed by atoms with Crippen LogP contribution < -0.4 is 0 Å². The monoisotopic (exact) mass is 165 g/mol. The molecule has 3 nitrogen and oxygen atoms in total. The smallest absolute Gasteiger partial charge is 0.214 e. The first kappa shape index (κ1) is 8.71. The second-order valence-corrected chi connectivity index (χ2v) is 2.82. The summed E-state index contributed by atoms with van der Waals surface area (Å²) in [4.78, 5) is 10.1. The van der Waals surface area contributed by atoms with Gasteiger partial charge in [-0.1, -0.05) is 30.3 Å². The van der Waals surface area contributed by atoms with E-state index in [1.165, 1.54) is 0 Å². The summed E-state index contributed by atoms with van der Waals surface area (Å²) in [5.74, 6) is 0. The third kappa shape index (κ3) is 2.34. The standard InChI is InChI=1S/C9H11NO2/c1-8(10(11)12)7-9-5-3-2-4-6-9/h2-6,8H,7H2,1H3/t8-/m0/s1. The van der Waals surface area contributed by atoms with Crippen molar-refractivity contribution in [1.82, 2.24) is 0 Å². The summed E-state index contributed by atoms with van der Waals surface area (Å²) in [6, 6.07) is 9.00. The van der Waals surface area contributed by atoms with E-state index in [0.29, 0.717) is 6.42 Å². The SMILES string of the molecule is C[C@@H](Cc1ccccc1)[N+](=O)[O-]. The van der Waals surface area contributed by atoms with Gasteiger partial charge in [0.2, 0.25) is 6.04 Å². The lowest BCUT2D eigenvalue weighted by Crippen LogP contribution is -2.17. The number of rotatable bonds is 3. The molecule has 0 aliphatic rings. The molecule has 1 rings (SSSR count). The lowest BCUT2D eigenvalue weighted by Gasteiger charge is -2.02. The minimum Gasteiger partial charge on any atom is -0.264 e. The van der Waals surface area contributed by atoms with Crippen molar-refractivity contribution < 1.29 is 4.92 Å². The Morgan fingerprint density at radius 1 is 1.42 bits per heavy atom. The van der Waals surface area contributed by atoms with Crippen molar-refractivity contribution in [3.8, 4) is 0 Å². The highest BCUT2D eigenvalue weighted by molar-refractivity contribution is 5.15. The molecule has 1 aromatic rings. The van der Waals surface area contributed by atoms with Crippen molar-refractivity contribution >= 4 is 0 Å². The van der Waals surface area contributed by atoms with Crippen LogP contribution in [0.1, 0.15) is 12.5 Å². The number of nitro groups is 1. The minimum atomic E-state index is -0.493. The summed E-state index contributed by atoms with van der Waals surface area (Å²) in [6.07, 6.45) is 0.508. The summed E-state index contributed by atoms with van der Waals surface area (Å²) in [6.45, 7) is 1.62. The summed E-state index contributed by atoms with van der Waals surface area (Å²) < 4.78 is 0.